The monoisotopic (exact) mass is 290 g/mol. The molecule has 0 saturated carbocycles. The highest BCUT2D eigenvalue weighted by molar-refractivity contribution is 6.31. The fourth-order valence-electron chi connectivity index (χ4n) is 2.29. The molecule has 2 aromatic carbocycles. The molecule has 0 aliphatic heterocycles. The van der Waals surface area contributed by atoms with E-state index in [9.17, 15) is 5.11 Å². The third-order valence-electron chi connectivity index (χ3n) is 3.26. The molecular formula is C17H19ClO2. The normalized spacial score (nSPS) is 12.2. The second kappa shape index (κ2) is 7.32. The van der Waals surface area contributed by atoms with Crippen molar-refractivity contribution < 1.29 is 9.84 Å². The van der Waals surface area contributed by atoms with E-state index in [1.54, 1.807) is 0 Å². The zero-order valence-electron chi connectivity index (χ0n) is 11.6. The second-order valence-corrected chi connectivity index (χ2v) is 5.09. The first kappa shape index (κ1) is 14.9. The highest BCUT2D eigenvalue weighted by atomic mass is 35.5. The summed E-state index contributed by atoms with van der Waals surface area (Å²) in [5, 5.41) is 10.3. The molecule has 106 valence electrons. The highest BCUT2D eigenvalue weighted by Gasteiger charge is 2.14. The van der Waals surface area contributed by atoms with Crippen LogP contribution < -0.4 is 4.74 Å². The predicted molar refractivity (Wildman–Crippen MR) is 82.6 cm³/mol. The Morgan fingerprint density at radius 3 is 2.65 bits per heavy atom. The maximum atomic E-state index is 9.65. The van der Waals surface area contributed by atoms with E-state index in [0.29, 0.717) is 11.6 Å². The third kappa shape index (κ3) is 3.75. The first-order chi connectivity index (χ1) is 9.74. The summed E-state index contributed by atoms with van der Waals surface area (Å²) in [7, 11) is 0. The first-order valence-corrected chi connectivity index (χ1v) is 7.19. The van der Waals surface area contributed by atoms with E-state index in [4.69, 9.17) is 16.3 Å². The van der Waals surface area contributed by atoms with Gasteiger partial charge in [0.25, 0.3) is 0 Å². The van der Waals surface area contributed by atoms with Crippen molar-refractivity contribution in [2.45, 2.75) is 19.3 Å². The van der Waals surface area contributed by atoms with Gasteiger partial charge in [-0.05, 0) is 42.7 Å². The van der Waals surface area contributed by atoms with Crippen LogP contribution in [-0.4, -0.2) is 18.3 Å². The van der Waals surface area contributed by atoms with E-state index >= 15 is 0 Å². The smallest absolute Gasteiger partial charge is 0.119 e. The standard InChI is InChI=1S/C17H19ClO2/c1-2-20-15-7-5-6-13(11-15)10-14(12-19)16-8-3-4-9-17(16)18/h3-9,11,14,19H,2,10,12H2,1H3. The summed E-state index contributed by atoms with van der Waals surface area (Å²) in [6.07, 6.45) is 0.737. The van der Waals surface area contributed by atoms with Crippen LogP contribution in [0.25, 0.3) is 0 Å². The van der Waals surface area contributed by atoms with Gasteiger partial charge in [0.2, 0.25) is 0 Å². The summed E-state index contributed by atoms with van der Waals surface area (Å²) >= 11 is 6.21. The molecule has 0 radical (unpaired) electrons. The van der Waals surface area contributed by atoms with Crippen LogP contribution >= 0.6 is 11.6 Å². The van der Waals surface area contributed by atoms with Gasteiger partial charge in [-0.3, -0.25) is 0 Å². The molecule has 2 rings (SSSR count). The van der Waals surface area contributed by atoms with Crippen molar-refractivity contribution in [3.05, 3.63) is 64.7 Å². The maximum Gasteiger partial charge on any atom is 0.119 e. The van der Waals surface area contributed by atoms with Gasteiger partial charge in [-0.25, -0.2) is 0 Å². The van der Waals surface area contributed by atoms with Gasteiger partial charge in [-0.1, -0.05) is 41.9 Å². The van der Waals surface area contributed by atoms with Crippen molar-refractivity contribution in [2.24, 2.45) is 0 Å². The molecule has 0 aliphatic carbocycles. The summed E-state index contributed by atoms with van der Waals surface area (Å²) in [5.41, 5.74) is 2.12. The molecule has 2 nitrogen and oxygen atoms in total. The first-order valence-electron chi connectivity index (χ1n) is 6.81. The van der Waals surface area contributed by atoms with Crippen LogP contribution in [0.15, 0.2) is 48.5 Å². The number of halogens is 1. The van der Waals surface area contributed by atoms with Crippen molar-refractivity contribution >= 4 is 11.6 Å². The molecule has 0 spiro atoms. The SMILES string of the molecule is CCOc1cccc(CC(CO)c2ccccc2Cl)c1. The Kier molecular flexibility index (Phi) is 5.45. The van der Waals surface area contributed by atoms with Crippen molar-refractivity contribution in [3.63, 3.8) is 0 Å². The minimum atomic E-state index is 0.000534. The highest BCUT2D eigenvalue weighted by Crippen LogP contribution is 2.28. The molecule has 0 fully saturated rings. The number of aliphatic hydroxyl groups is 1. The predicted octanol–water partition coefficient (Wildman–Crippen LogP) is 4.06. The summed E-state index contributed by atoms with van der Waals surface area (Å²) in [6, 6.07) is 15.6. The largest absolute Gasteiger partial charge is 0.494 e. The molecule has 2 aromatic rings. The van der Waals surface area contributed by atoms with Crippen molar-refractivity contribution in [1.82, 2.24) is 0 Å². The number of rotatable bonds is 6. The van der Waals surface area contributed by atoms with Gasteiger partial charge >= 0.3 is 0 Å². The average Bonchev–Trinajstić information content (AvgIpc) is 2.46. The molecule has 20 heavy (non-hydrogen) atoms. The summed E-state index contributed by atoms with van der Waals surface area (Å²) in [4.78, 5) is 0. The number of hydrogen-bond donors (Lipinski definition) is 1. The van der Waals surface area contributed by atoms with Crippen LogP contribution in [0, 0.1) is 0 Å². The lowest BCUT2D eigenvalue weighted by Crippen LogP contribution is -2.08. The molecule has 3 heteroatoms. The quantitative estimate of drug-likeness (QED) is 0.869. The third-order valence-corrected chi connectivity index (χ3v) is 3.60. The van der Waals surface area contributed by atoms with Crippen LogP contribution in [0.1, 0.15) is 24.0 Å². The van der Waals surface area contributed by atoms with Gasteiger partial charge in [0.15, 0.2) is 0 Å². The minimum Gasteiger partial charge on any atom is -0.494 e. The summed E-state index contributed by atoms with van der Waals surface area (Å²) in [6.45, 7) is 2.69. The van der Waals surface area contributed by atoms with E-state index < -0.39 is 0 Å². The average molecular weight is 291 g/mol. The summed E-state index contributed by atoms with van der Waals surface area (Å²) in [5.74, 6) is 0.862. The van der Waals surface area contributed by atoms with E-state index in [0.717, 1.165) is 23.3 Å². The van der Waals surface area contributed by atoms with Crippen LogP contribution in [0.2, 0.25) is 5.02 Å². The van der Waals surface area contributed by atoms with Crippen LogP contribution in [0.4, 0.5) is 0 Å². The number of aliphatic hydroxyl groups excluding tert-OH is 1. The molecule has 0 saturated heterocycles. The van der Waals surface area contributed by atoms with Gasteiger partial charge < -0.3 is 9.84 Å². The molecule has 0 aliphatic rings. The lowest BCUT2D eigenvalue weighted by Gasteiger charge is -2.16. The van der Waals surface area contributed by atoms with Crippen molar-refractivity contribution in [2.75, 3.05) is 13.2 Å². The molecule has 1 unspecified atom stereocenters. The summed E-state index contributed by atoms with van der Waals surface area (Å²) < 4.78 is 5.50. The molecule has 0 bridgehead atoms. The van der Waals surface area contributed by atoms with Crippen molar-refractivity contribution in [1.29, 1.82) is 0 Å². The molecule has 0 heterocycles. The van der Waals surface area contributed by atoms with Gasteiger partial charge in [0.1, 0.15) is 5.75 Å². The second-order valence-electron chi connectivity index (χ2n) is 4.69. The Balaban J connectivity index is 2.18. The van der Waals surface area contributed by atoms with E-state index in [-0.39, 0.29) is 12.5 Å². The maximum absolute atomic E-state index is 9.65. The van der Waals surface area contributed by atoms with Gasteiger partial charge in [-0.2, -0.15) is 0 Å². The van der Waals surface area contributed by atoms with Gasteiger partial charge in [0, 0.05) is 10.9 Å². The number of benzene rings is 2. The minimum absolute atomic E-state index is 0.000534. The zero-order chi connectivity index (χ0) is 14.4. The Hall–Kier alpha value is -1.51. The Bertz CT molecular complexity index is 554. The van der Waals surface area contributed by atoms with Crippen LogP contribution in [0.3, 0.4) is 0 Å². The Morgan fingerprint density at radius 2 is 1.95 bits per heavy atom. The van der Waals surface area contributed by atoms with Gasteiger partial charge in [0.05, 0.1) is 13.2 Å². The zero-order valence-corrected chi connectivity index (χ0v) is 12.3. The van der Waals surface area contributed by atoms with E-state index in [2.05, 4.69) is 0 Å². The van der Waals surface area contributed by atoms with E-state index in [1.807, 2.05) is 55.5 Å². The molecule has 0 aromatic heterocycles. The van der Waals surface area contributed by atoms with E-state index in [1.165, 1.54) is 0 Å². The molecular weight excluding hydrogens is 272 g/mol. The van der Waals surface area contributed by atoms with Crippen LogP contribution in [-0.2, 0) is 6.42 Å². The topological polar surface area (TPSA) is 29.5 Å². The number of ether oxygens (including phenoxy) is 1. The fraction of sp³-hybridized carbons (Fsp3) is 0.294. The molecule has 0 amide bonds. The van der Waals surface area contributed by atoms with Crippen LogP contribution in [0.5, 0.6) is 5.75 Å². The molecule has 1 N–H and O–H groups in total. The fourth-order valence-corrected chi connectivity index (χ4v) is 2.58. The lowest BCUT2D eigenvalue weighted by molar-refractivity contribution is 0.264. The Morgan fingerprint density at radius 1 is 1.15 bits per heavy atom. The van der Waals surface area contributed by atoms with Gasteiger partial charge in [-0.15, -0.1) is 0 Å². The molecule has 1 atom stereocenters. The Labute approximate surface area is 125 Å². The lowest BCUT2D eigenvalue weighted by atomic mass is 9.92. The number of hydrogen-bond acceptors (Lipinski definition) is 2. The van der Waals surface area contributed by atoms with Crippen molar-refractivity contribution in [3.8, 4) is 5.75 Å².